The number of nitrogens with one attached hydrogen (secondary N) is 1. The highest BCUT2D eigenvalue weighted by atomic mass is 32.2. The molecule has 1 N–H and O–H groups in total. The Bertz CT molecular complexity index is 575. The zero-order valence-electron chi connectivity index (χ0n) is 11.8. The van der Waals surface area contributed by atoms with E-state index in [0.29, 0.717) is 0 Å². The maximum atomic E-state index is 12.3. The van der Waals surface area contributed by atoms with Gasteiger partial charge in [0, 0.05) is 6.04 Å². The van der Waals surface area contributed by atoms with Crippen molar-refractivity contribution < 1.29 is 13.2 Å². The topological polar surface area (TPSA) is 63.2 Å². The van der Waals surface area contributed by atoms with E-state index < -0.39 is 9.84 Å². The van der Waals surface area contributed by atoms with Crippen LogP contribution >= 0.6 is 0 Å². The molecule has 1 aliphatic rings. The van der Waals surface area contributed by atoms with Gasteiger partial charge in [-0.3, -0.25) is 4.79 Å². The predicted molar refractivity (Wildman–Crippen MR) is 78.5 cm³/mol. The summed E-state index contributed by atoms with van der Waals surface area (Å²) in [6, 6.07) is 6.62. The van der Waals surface area contributed by atoms with E-state index in [9.17, 15) is 13.2 Å². The molecule has 1 amide bonds. The molecule has 0 heterocycles. The van der Waals surface area contributed by atoms with E-state index in [0.717, 1.165) is 25.7 Å². The number of carbonyl (C=O) groups is 1. The fraction of sp³-hybridized carbons (Fsp3) is 0.533. The maximum absolute atomic E-state index is 12.3. The number of carbonyl (C=O) groups excluding carboxylic acids is 1. The molecule has 110 valence electrons. The first-order chi connectivity index (χ1) is 9.54. The van der Waals surface area contributed by atoms with Crippen LogP contribution in [0.4, 0.5) is 0 Å². The van der Waals surface area contributed by atoms with Crippen molar-refractivity contribution in [3.63, 3.8) is 0 Å². The molecule has 0 radical (unpaired) electrons. The Morgan fingerprint density at radius 1 is 1.20 bits per heavy atom. The molecule has 0 atom stereocenters. The first-order valence-electron chi connectivity index (χ1n) is 7.17. The van der Waals surface area contributed by atoms with E-state index >= 15 is 0 Å². The van der Waals surface area contributed by atoms with Crippen molar-refractivity contribution in [1.29, 1.82) is 0 Å². The minimum atomic E-state index is -3.38. The summed E-state index contributed by atoms with van der Waals surface area (Å²) in [4.78, 5) is 12.5. The van der Waals surface area contributed by atoms with Crippen LogP contribution in [0.1, 0.15) is 49.4 Å². The van der Waals surface area contributed by atoms with Crippen LogP contribution in [0, 0.1) is 0 Å². The standard InChI is InChI=1S/C15H21NO3S/c1-2-20(18,19)14-11-7-6-10-13(14)15(17)16-12-8-4-3-5-9-12/h6-7,10-12H,2-5,8-9H2,1H3,(H,16,17). The SMILES string of the molecule is CCS(=O)(=O)c1ccccc1C(=O)NC1CCCCC1. The van der Waals surface area contributed by atoms with Gasteiger partial charge in [-0.1, -0.05) is 38.3 Å². The van der Waals surface area contributed by atoms with Crippen LogP contribution in [0.25, 0.3) is 0 Å². The third-order valence-corrected chi connectivity index (χ3v) is 5.57. The molecule has 2 rings (SSSR count). The van der Waals surface area contributed by atoms with Crippen LogP contribution in [0.3, 0.4) is 0 Å². The van der Waals surface area contributed by atoms with Gasteiger partial charge in [-0.15, -0.1) is 0 Å². The summed E-state index contributed by atoms with van der Waals surface area (Å²) < 4.78 is 24.1. The second-order valence-corrected chi connectivity index (χ2v) is 7.45. The van der Waals surface area contributed by atoms with Gasteiger partial charge < -0.3 is 5.32 Å². The van der Waals surface area contributed by atoms with Crippen LogP contribution in [0.5, 0.6) is 0 Å². The molecule has 5 heteroatoms. The number of hydrogen-bond acceptors (Lipinski definition) is 3. The fourth-order valence-electron chi connectivity index (χ4n) is 2.59. The van der Waals surface area contributed by atoms with Gasteiger partial charge in [0.2, 0.25) is 0 Å². The largest absolute Gasteiger partial charge is 0.349 e. The smallest absolute Gasteiger partial charge is 0.252 e. The summed E-state index contributed by atoms with van der Waals surface area (Å²) in [5.41, 5.74) is 0.264. The van der Waals surface area contributed by atoms with Gasteiger partial charge in [0.25, 0.3) is 5.91 Å². The molecule has 4 nitrogen and oxygen atoms in total. The van der Waals surface area contributed by atoms with Gasteiger partial charge in [0.15, 0.2) is 9.84 Å². The summed E-state index contributed by atoms with van der Waals surface area (Å²) in [6.45, 7) is 1.59. The summed E-state index contributed by atoms with van der Waals surface area (Å²) >= 11 is 0. The number of sulfone groups is 1. The lowest BCUT2D eigenvalue weighted by Crippen LogP contribution is -2.36. The van der Waals surface area contributed by atoms with Gasteiger partial charge in [-0.25, -0.2) is 8.42 Å². The molecule has 0 unspecified atom stereocenters. The lowest BCUT2D eigenvalue weighted by Gasteiger charge is -2.23. The van der Waals surface area contributed by atoms with Crippen molar-refractivity contribution in [3.8, 4) is 0 Å². The molecule has 1 aromatic rings. The Kier molecular flexibility index (Phi) is 4.81. The second-order valence-electron chi connectivity index (χ2n) is 5.21. The molecule has 0 aromatic heterocycles. The first-order valence-corrected chi connectivity index (χ1v) is 8.82. The Labute approximate surface area is 120 Å². The number of rotatable bonds is 4. The zero-order valence-corrected chi connectivity index (χ0v) is 12.6. The van der Waals surface area contributed by atoms with E-state index in [1.807, 2.05) is 0 Å². The van der Waals surface area contributed by atoms with Crippen molar-refractivity contribution >= 4 is 15.7 Å². The van der Waals surface area contributed by atoms with Gasteiger partial charge in [0.1, 0.15) is 0 Å². The summed E-state index contributed by atoms with van der Waals surface area (Å²) in [5.74, 6) is -0.273. The normalized spacial score (nSPS) is 16.9. The van der Waals surface area contributed by atoms with Crippen molar-refractivity contribution in [2.45, 2.75) is 50.0 Å². The van der Waals surface area contributed by atoms with Crippen molar-refractivity contribution in [2.75, 3.05) is 5.75 Å². The Morgan fingerprint density at radius 3 is 2.50 bits per heavy atom. The first kappa shape index (κ1) is 15.0. The molecule has 20 heavy (non-hydrogen) atoms. The Hall–Kier alpha value is -1.36. The zero-order chi connectivity index (χ0) is 14.6. The van der Waals surface area contributed by atoms with Crippen molar-refractivity contribution in [2.24, 2.45) is 0 Å². The van der Waals surface area contributed by atoms with Gasteiger partial charge in [-0.05, 0) is 25.0 Å². The predicted octanol–water partition coefficient (Wildman–Crippen LogP) is 2.54. The highest BCUT2D eigenvalue weighted by Crippen LogP contribution is 2.20. The number of benzene rings is 1. The molecular weight excluding hydrogens is 274 g/mol. The highest BCUT2D eigenvalue weighted by molar-refractivity contribution is 7.91. The number of hydrogen-bond donors (Lipinski definition) is 1. The average molecular weight is 295 g/mol. The van der Waals surface area contributed by atoms with Crippen LogP contribution in [0.2, 0.25) is 0 Å². The maximum Gasteiger partial charge on any atom is 0.252 e. The summed E-state index contributed by atoms with van der Waals surface area (Å²) in [7, 11) is -3.38. The fourth-order valence-corrected chi connectivity index (χ4v) is 3.68. The van der Waals surface area contributed by atoms with E-state index in [2.05, 4.69) is 5.32 Å². The van der Waals surface area contributed by atoms with E-state index in [-0.39, 0.29) is 28.2 Å². The Balaban J connectivity index is 2.21. The van der Waals surface area contributed by atoms with Gasteiger partial charge >= 0.3 is 0 Å². The highest BCUT2D eigenvalue weighted by Gasteiger charge is 2.22. The third kappa shape index (κ3) is 3.39. The monoisotopic (exact) mass is 295 g/mol. The molecule has 0 saturated heterocycles. The average Bonchev–Trinajstić information content (AvgIpc) is 2.48. The molecule has 0 spiro atoms. The third-order valence-electron chi connectivity index (χ3n) is 3.79. The van der Waals surface area contributed by atoms with Gasteiger partial charge in [0.05, 0.1) is 16.2 Å². The molecule has 1 saturated carbocycles. The van der Waals surface area contributed by atoms with E-state index in [1.165, 1.54) is 12.5 Å². The molecule has 0 aliphatic heterocycles. The summed E-state index contributed by atoms with van der Waals surface area (Å²) in [6.07, 6.45) is 5.43. The quantitative estimate of drug-likeness (QED) is 0.928. The summed E-state index contributed by atoms with van der Waals surface area (Å²) in [5, 5.41) is 2.97. The molecule has 0 bridgehead atoms. The minimum absolute atomic E-state index is 0.000716. The van der Waals surface area contributed by atoms with E-state index in [4.69, 9.17) is 0 Å². The molecule has 1 aromatic carbocycles. The van der Waals surface area contributed by atoms with E-state index in [1.54, 1.807) is 25.1 Å². The molecular formula is C15H21NO3S. The number of amides is 1. The Morgan fingerprint density at radius 2 is 1.85 bits per heavy atom. The lowest BCUT2D eigenvalue weighted by atomic mass is 9.95. The van der Waals surface area contributed by atoms with Gasteiger partial charge in [-0.2, -0.15) is 0 Å². The molecule has 1 aliphatic carbocycles. The van der Waals surface area contributed by atoms with Crippen LogP contribution in [-0.2, 0) is 9.84 Å². The van der Waals surface area contributed by atoms with Crippen LogP contribution in [-0.4, -0.2) is 26.1 Å². The lowest BCUT2D eigenvalue weighted by molar-refractivity contribution is 0.0924. The van der Waals surface area contributed by atoms with Crippen LogP contribution in [0.15, 0.2) is 29.2 Å². The molecule has 1 fully saturated rings. The minimum Gasteiger partial charge on any atom is -0.349 e. The second kappa shape index (κ2) is 6.39. The van der Waals surface area contributed by atoms with Crippen LogP contribution < -0.4 is 5.32 Å². The van der Waals surface area contributed by atoms with Crippen molar-refractivity contribution in [3.05, 3.63) is 29.8 Å². The van der Waals surface area contributed by atoms with Crippen molar-refractivity contribution in [1.82, 2.24) is 5.32 Å².